The van der Waals surface area contributed by atoms with Crippen LogP contribution in [0.4, 0.5) is 0 Å². The third-order valence-electron chi connectivity index (χ3n) is 2.88. The van der Waals surface area contributed by atoms with E-state index in [0.29, 0.717) is 23.1 Å². The zero-order valence-corrected chi connectivity index (χ0v) is 15.4. The predicted octanol–water partition coefficient (Wildman–Crippen LogP) is 0.976. The molecular weight excluding hydrogens is 390 g/mol. The second kappa shape index (κ2) is 9.34. The van der Waals surface area contributed by atoms with Crippen LogP contribution in [0.1, 0.15) is 10.4 Å². The van der Waals surface area contributed by atoms with E-state index < -0.39 is 16.1 Å². The number of aromatic nitrogens is 2. The van der Waals surface area contributed by atoms with Crippen molar-refractivity contribution in [3.05, 3.63) is 48.0 Å². The van der Waals surface area contributed by atoms with E-state index in [9.17, 15) is 18.3 Å². The Morgan fingerprint density at radius 1 is 1.14 bits per heavy atom. The fraction of sp³-hybridized carbons (Fsp3) is 0.0625. The van der Waals surface area contributed by atoms with Crippen LogP contribution < -0.4 is 11.5 Å². The maximum absolute atomic E-state index is 11.1. The van der Waals surface area contributed by atoms with Crippen molar-refractivity contribution in [2.45, 2.75) is 0 Å². The number of phenolic OH excluding ortho intramolecular Hbond substituents is 1. The Balaban J connectivity index is 0.000000369. The summed E-state index contributed by atoms with van der Waals surface area (Å²) in [6.45, 7) is 0. The van der Waals surface area contributed by atoms with Gasteiger partial charge in [0.25, 0.3) is 10.1 Å². The first-order valence-corrected chi connectivity index (χ1v) is 9.26. The molecule has 0 aliphatic heterocycles. The second-order valence-electron chi connectivity index (χ2n) is 5.33. The number of nitrogens with two attached hydrogens (primary N) is 2. The molecule has 11 nitrogen and oxygen atoms in total. The minimum absolute atomic E-state index is 0.166. The van der Waals surface area contributed by atoms with Crippen molar-refractivity contribution in [3.63, 3.8) is 0 Å². The van der Waals surface area contributed by atoms with Gasteiger partial charge >= 0.3 is 5.97 Å². The summed E-state index contributed by atoms with van der Waals surface area (Å²) in [7, 11) is -3.67. The molecular formula is C16H19N5O6S. The molecule has 28 heavy (non-hydrogen) atoms. The van der Waals surface area contributed by atoms with Crippen molar-refractivity contribution in [1.29, 1.82) is 5.41 Å². The highest BCUT2D eigenvalue weighted by molar-refractivity contribution is 7.85. The molecule has 3 aromatic rings. The number of carboxylic acid groups (broad SMARTS) is 1. The summed E-state index contributed by atoms with van der Waals surface area (Å²) in [5, 5.41) is 24.4. The van der Waals surface area contributed by atoms with Crippen molar-refractivity contribution in [2.75, 3.05) is 6.26 Å². The van der Waals surface area contributed by atoms with E-state index in [-0.39, 0.29) is 17.3 Å². The normalized spacial score (nSPS) is 10.2. The Morgan fingerprint density at radius 2 is 1.64 bits per heavy atom. The topological polar surface area (TPSA) is 216 Å². The quantitative estimate of drug-likeness (QED) is 0.182. The molecule has 3 rings (SSSR count). The summed E-state index contributed by atoms with van der Waals surface area (Å²) in [5.74, 6) is -0.593. The lowest BCUT2D eigenvalue weighted by Gasteiger charge is -1.96. The van der Waals surface area contributed by atoms with Crippen molar-refractivity contribution in [2.24, 2.45) is 11.5 Å². The number of nitrogens with zero attached hydrogens (tertiary/aromatic N) is 1. The van der Waals surface area contributed by atoms with Gasteiger partial charge in [-0.05, 0) is 36.4 Å². The zero-order valence-electron chi connectivity index (χ0n) is 14.6. The van der Waals surface area contributed by atoms with Crippen LogP contribution in [0.25, 0.3) is 22.4 Å². The summed E-state index contributed by atoms with van der Waals surface area (Å²) in [6, 6.07) is 11.5. The monoisotopic (exact) mass is 409 g/mol. The second-order valence-corrected chi connectivity index (χ2v) is 6.79. The number of phenols is 1. The standard InChI is InChI=1S/C14H10N2O3.CH5N3.CH4O3S/c17-9-6-4-8(5-7-9)13-15-11-3-1-2-10(14(18)19)12(11)16-13;2-1(3)4;1-5(2,3)4/h1-7,17H,(H,15,16)(H,18,19);(H5,2,3,4);1H3,(H,2,3,4). The van der Waals surface area contributed by atoms with Crippen molar-refractivity contribution < 1.29 is 28.0 Å². The Hall–Kier alpha value is -3.64. The van der Waals surface area contributed by atoms with Gasteiger partial charge < -0.3 is 26.7 Å². The molecule has 0 radical (unpaired) electrons. The lowest BCUT2D eigenvalue weighted by molar-refractivity contribution is 0.0699. The number of carboxylic acids is 1. The summed E-state index contributed by atoms with van der Waals surface area (Å²) < 4.78 is 25.9. The number of rotatable bonds is 2. The van der Waals surface area contributed by atoms with Crippen LogP contribution in [0.3, 0.4) is 0 Å². The molecule has 1 aromatic heterocycles. The van der Waals surface area contributed by atoms with E-state index in [0.717, 1.165) is 5.56 Å². The molecule has 2 aromatic carbocycles. The van der Waals surface area contributed by atoms with Crippen LogP contribution in [0.2, 0.25) is 0 Å². The third-order valence-corrected chi connectivity index (χ3v) is 2.88. The minimum Gasteiger partial charge on any atom is -0.508 e. The SMILES string of the molecule is CS(=O)(=O)O.N=C(N)N.O=C(O)c1cccc2[nH]c(-c3ccc(O)cc3)nc12. The fourth-order valence-corrected chi connectivity index (χ4v) is 1.96. The molecule has 0 saturated carbocycles. The first kappa shape index (κ1) is 22.4. The van der Waals surface area contributed by atoms with Gasteiger partial charge in [0.2, 0.25) is 0 Å². The van der Waals surface area contributed by atoms with E-state index in [1.165, 1.54) is 6.07 Å². The molecule has 0 atom stereocenters. The Bertz CT molecular complexity index is 1060. The van der Waals surface area contributed by atoms with Crippen LogP contribution in [-0.2, 0) is 10.1 Å². The average Bonchev–Trinajstić information content (AvgIpc) is 2.97. The van der Waals surface area contributed by atoms with Gasteiger partial charge in [-0.2, -0.15) is 8.42 Å². The number of carbonyl (C=O) groups is 1. The molecule has 150 valence electrons. The smallest absolute Gasteiger partial charge is 0.337 e. The highest BCUT2D eigenvalue weighted by atomic mass is 32.2. The minimum atomic E-state index is -3.67. The van der Waals surface area contributed by atoms with Gasteiger partial charge in [0.15, 0.2) is 5.96 Å². The number of fused-ring (bicyclic) bond motifs is 1. The van der Waals surface area contributed by atoms with Crippen molar-refractivity contribution in [3.8, 4) is 17.1 Å². The summed E-state index contributed by atoms with van der Waals surface area (Å²) in [6.07, 6.45) is 0.715. The third kappa shape index (κ3) is 7.72. The molecule has 0 amide bonds. The summed E-state index contributed by atoms with van der Waals surface area (Å²) in [5.41, 5.74) is 11.0. The van der Waals surface area contributed by atoms with Gasteiger partial charge in [0.05, 0.1) is 17.3 Å². The van der Waals surface area contributed by atoms with Crippen LogP contribution in [-0.4, -0.2) is 51.3 Å². The van der Waals surface area contributed by atoms with Gasteiger partial charge in [-0.1, -0.05) is 6.07 Å². The van der Waals surface area contributed by atoms with Crippen LogP contribution in [0.15, 0.2) is 42.5 Å². The number of aromatic hydroxyl groups is 1. The van der Waals surface area contributed by atoms with Crippen LogP contribution in [0, 0.1) is 5.41 Å². The lowest BCUT2D eigenvalue weighted by Crippen LogP contribution is -2.20. The predicted molar refractivity (Wildman–Crippen MR) is 104 cm³/mol. The van der Waals surface area contributed by atoms with E-state index in [1.54, 1.807) is 36.4 Å². The maximum atomic E-state index is 11.1. The van der Waals surface area contributed by atoms with Gasteiger partial charge in [0, 0.05) is 5.56 Å². The van der Waals surface area contributed by atoms with Gasteiger partial charge in [-0.3, -0.25) is 9.96 Å². The summed E-state index contributed by atoms with van der Waals surface area (Å²) in [4.78, 5) is 18.5. The molecule has 0 bridgehead atoms. The number of H-pyrrole nitrogens is 1. The Kier molecular flexibility index (Phi) is 7.47. The molecule has 12 heteroatoms. The van der Waals surface area contributed by atoms with Crippen LogP contribution in [0.5, 0.6) is 5.75 Å². The number of nitrogens with one attached hydrogen (secondary N) is 2. The molecule has 0 fully saturated rings. The van der Waals surface area contributed by atoms with Gasteiger partial charge in [0.1, 0.15) is 17.1 Å². The lowest BCUT2D eigenvalue weighted by atomic mass is 10.2. The largest absolute Gasteiger partial charge is 0.508 e. The van der Waals surface area contributed by atoms with Gasteiger partial charge in [-0.25, -0.2) is 9.78 Å². The number of benzene rings is 2. The molecule has 9 N–H and O–H groups in total. The number of hydrogen-bond donors (Lipinski definition) is 7. The highest BCUT2D eigenvalue weighted by Gasteiger charge is 2.13. The first-order valence-electron chi connectivity index (χ1n) is 7.42. The fourth-order valence-electron chi connectivity index (χ4n) is 1.96. The van der Waals surface area contributed by atoms with E-state index >= 15 is 0 Å². The first-order chi connectivity index (χ1) is 12.9. The summed E-state index contributed by atoms with van der Waals surface area (Å²) >= 11 is 0. The van der Waals surface area contributed by atoms with Crippen LogP contribution >= 0.6 is 0 Å². The number of imidazole rings is 1. The number of aromatic carboxylic acids is 1. The van der Waals surface area contributed by atoms with Crippen molar-refractivity contribution >= 4 is 33.1 Å². The molecule has 0 aliphatic rings. The van der Waals surface area contributed by atoms with Gasteiger partial charge in [-0.15, -0.1) is 0 Å². The van der Waals surface area contributed by atoms with E-state index in [2.05, 4.69) is 21.4 Å². The number of hydrogen-bond acceptors (Lipinski definition) is 6. The molecule has 0 saturated heterocycles. The molecule has 0 spiro atoms. The van der Waals surface area contributed by atoms with Crippen molar-refractivity contribution in [1.82, 2.24) is 9.97 Å². The molecule has 1 heterocycles. The number of para-hydroxylation sites is 1. The molecule has 0 unspecified atom stereocenters. The maximum Gasteiger partial charge on any atom is 0.337 e. The molecule has 0 aliphatic carbocycles. The number of guanidine groups is 1. The average molecular weight is 409 g/mol. The highest BCUT2D eigenvalue weighted by Crippen LogP contribution is 2.24. The van der Waals surface area contributed by atoms with E-state index in [1.807, 2.05) is 0 Å². The number of aromatic amines is 1. The zero-order chi connectivity index (χ0) is 21.5. The Morgan fingerprint density at radius 3 is 2.11 bits per heavy atom. The Labute approximate surface area is 159 Å². The van der Waals surface area contributed by atoms with E-state index in [4.69, 9.17) is 15.1 Å².